The zero-order valence-electron chi connectivity index (χ0n) is 11.8. The second-order valence-electron chi connectivity index (χ2n) is 5.38. The number of fused-ring (bicyclic) bond motifs is 1. The molecule has 0 spiro atoms. The topological polar surface area (TPSA) is 32.3 Å². The number of nitrogens with zero attached hydrogens (tertiary/aromatic N) is 1. The highest BCUT2D eigenvalue weighted by Gasteiger charge is 2.28. The quantitative estimate of drug-likeness (QED) is 0.940. The molecule has 0 saturated carbocycles. The first kappa shape index (κ1) is 13.6. The van der Waals surface area contributed by atoms with E-state index in [1.807, 2.05) is 30.3 Å². The highest BCUT2D eigenvalue weighted by molar-refractivity contribution is 5.87. The van der Waals surface area contributed by atoms with Gasteiger partial charge in [-0.25, -0.2) is 4.39 Å². The fraction of sp³-hybridized carbons (Fsp3) is 0.235. The van der Waals surface area contributed by atoms with Crippen LogP contribution >= 0.6 is 0 Å². The van der Waals surface area contributed by atoms with Crippen LogP contribution in [-0.4, -0.2) is 23.9 Å². The summed E-state index contributed by atoms with van der Waals surface area (Å²) < 4.78 is 13.2. The number of halogens is 1. The van der Waals surface area contributed by atoms with Crippen molar-refractivity contribution < 1.29 is 9.18 Å². The van der Waals surface area contributed by atoms with Crippen LogP contribution in [0.5, 0.6) is 0 Å². The van der Waals surface area contributed by atoms with Crippen LogP contribution in [0.15, 0.2) is 48.5 Å². The van der Waals surface area contributed by atoms with Crippen molar-refractivity contribution in [3.8, 4) is 0 Å². The maximum absolute atomic E-state index is 13.2. The number of likely N-dealkylation sites (N-methyl/N-ethyl adjacent to an activating group) is 1. The number of nitrogens with one attached hydrogen (secondary N) is 1. The minimum atomic E-state index is -0.278. The molecule has 1 N–H and O–H groups in total. The Morgan fingerprint density at radius 2 is 2.10 bits per heavy atom. The van der Waals surface area contributed by atoms with E-state index in [0.29, 0.717) is 13.0 Å². The zero-order chi connectivity index (χ0) is 14.8. The van der Waals surface area contributed by atoms with E-state index in [1.54, 1.807) is 18.0 Å². The molecular formula is C17H17FN2O. The molecule has 0 radical (unpaired) electrons. The molecule has 1 heterocycles. The molecule has 3 nitrogen and oxygen atoms in total. The molecular weight excluding hydrogens is 267 g/mol. The lowest BCUT2D eigenvalue weighted by molar-refractivity contribution is -0.131. The maximum atomic E-state index is 13.2. The second kappa shape index (κ2) is 5.56. The van der Waals surface area contributed by atoms with Gasteiger partial charge in [0.2, 0.25) is 5.91 Å². The highest BCUT2D eigenvalue weighted by atomic mass is 19.1. The van der Waals surface area contributed by atoms with E-state index in [1.165, 1.54) is 12.1 Å². The van der Waals surface area contributed by atoms with Gasteiger partial charge in [0.05, 0.1) is 0 Å². The van der Waals surface area contributed by atoms with E-state index < -0.39 is 0 Å². The fourth-order valence-corrected chi connectivity index (χ4v) is 2.70. The summed E-state index contributed by atoms with van der Waals surface area (Å²) in [6.07, 6.45) is 0.697. The van der Waals surface area contributed by atoms with Gasteiger partial charge in [-0.15, -0.1) is 0 Å². The van der Waals surface area contributed by atoms with E-state index in [-0.39, 0.29) is 17.8 Å². The van der Waals surface area contributed by atoms with E-state index >= 15 is 0 Å². The third-order valence-corrected chi connectivity index (χ3v) is 3.75. The lowest BCUT2D eigenvalue weighted by Gasteiger charge is -2.21. The van der Waals surface area contributed by atoms with Crippen LogP contribution in [0.1, 0.15) is 11.1 Å². The van der Waals surface area contributed by atoms with Crippen molar-refractivity contribution in [2.45, 2.75) is 19.0 Å². The van der Waals surface area contributed by atoms with E-state index in [4.69, 9.17) is 0 Å². The van der Waals surface area contributed by atoms with Crippen molar-refractivity contribution in [3.63, 3.8) is 0 Å². The molecule has 0 unspecified atom stereocenters. The van der Waals surface area contributed by atoms with Gasteiger partial charge in [-0.3, -0.25) is 4.79 Å². The molecule has 1 amide bonds. The van der Waals surface area contributed by atoms with Crippen LogP contribution in [0.25, 0.3) is 0 Å². The van der Waals surface area contributed by atoms with Gasteiger partial charge >= 0.3 is 0 Å². The summed E-state index contributed by atoms with van der Waals surface area (Å²) in [7, 11) is 1.75. The zero-order valence-corrected chi connectivity index (χ0v) is 11.8. The summed E-state index contributed by atoms with van der Waals surface area (Å²) in [5.74, 6) is -0.254. The molecule has 0 saturated heterocycles. The molecule has 0 fully saturated rings. The molecule has 108 valence electrons. The van der Waals surface area contributed by atoms with Crippen molar-refractivity contribution in [2.75, 3.05) is 12.4 Å². The van der Waals surface area contributed by atoms with Crippen molar-refractivity contribution in [3.05, 3.63) is 65.5 Å². The smallest absolute Gasteiger partial charge is 0.245 e. The Bertz CT molecular complexity index is 646. The van der Waals surface area contributed by atoms with E-state index in [9.17, 15) is 9.18 Å². The summed E-state index contributed by atoms with van der Waals surface area (Å²) in [4.78, 5) is 14.1. The first-order chi connectivity index (χ1) is 10.1. The van der Waals surface area contributed by atoms with Gasteiger partial charge in [-0.1, -0.05) is 30.3 Å². The Morgan fingerprint density at radius 1 is 1.29 bits per heavy atom. The lowest BCUT2D eigenvalue weighted by Crippen LogP contribution is -2.39. The maximum Gasteiger partial charge on any atom is 0.245 e. The van der Waals surface area contributed by atoms with E-state index in [0.717, 1.165) is 16.8 Å². The summed E-state index contributed by atoms with van der Waals surface area (Å²) in [6, 6.07) is 14.1. The highest BCUT2D eigenvalue weighted by Crippen LogP contribution is 2.26. The monoisotopic (exact) mass is 284 g/mol. The molecule has 0 bridgehead atoms. The Kier molecular flexibility index (Phi) is 3.60. The van der Waals surface area contributed by atoms with Crippen LogP contribution in [0, 0.1) is 5.82 Å². The second-order valence-corrected chi connectivity index (χ2v) is 5.38. The Balaban J connectivity index is 1.66. The SMILES string of the molecule is CN(Cc1cccc(F)c1)C(=O)[C@@H]1Cc2ccccc2N1. The fourth-order valence-electron chi connectivity index (χ4n) is 2.70. The molecule has 1 aliphatic rings. The molecule has 2 aromatic carbocycles. The molecule has 3 rings (SSSR count). The number of para-hydroxylation sites is 1. The lowest BCUT2D eigenvalue weighted by atomic mass is 10.1. The number of hydrogen-bond acceptors (Lipinski definition) is 2. The normalized spacial score (nSPS) is 16.2. The van der Waals surface area contributed by atoms with Crippen LogP contribution in [0.4, 0.5) is 10.1 Å². The van der Waals surface area contributed by atoms with Crippen LogP contribution in [-0.2, 0) is 17.8 Å². The first-order valence-corrected chi connectivity index (χ1v) is 6.97. The number of anilines is 1. The Labute approximate surface area is 123 Å². The van der Waals surface area contributed by atoms with Crippen LogP contribution in [0.3, 0.4) is 0 Å². The third kappa shape index (κ3) is 2.89. The van der Waals surface area contributed by atoms with Gasteiger partial charge in [0.25, 0.3) is 0 Å². The average Bonchev–Trinajstić information content (AvgIpc) is 2.90. The molecule has 1 aliphatic heterocycles. The van der Waals surface area contributed by atoms with Crippen molar-refractivity contribution >= 4 is 11.6 Å². The largest absolute Gasteiger partial charge is 0.373 e. The van der Waals surface area contributed by atoms with E-state index in [2.05, 4.69) is 5.32 Å². The number of rotatable bonds is 3. The Hall–Kier alpha value is -2.36. The third-order valence-electron chi connectivity index (χ3n) is 3.75. The van der Waals surface area contributed by atoms with Crippen LogP contribution < -0.4 is 5.32 Å². The number of amides is 1. The summed E-state index contributed by atoms with van der Waals surface area (Å²) >= 11 is 0. The summed E-state index contributed by atoms with van der Waals surface area (Å²) in [6.45, 7) is 0.408. The minimum Gasteiger partial charge on any atom is -0.373 e. The van der Waals surface area contributed by atoms with Gasteiger partial charge in [0, 0.05) is 25.7 Å². The molecule has 2 aromatic rings. The van der Waals surface area contributed by atoms with Gasteiger partial charge in [0.15, 0.2) is 0 Å². The van der Waals surface area contributed by atoms with Crippen molar-refractivity contribution in [1.82, 2.24) is 4.90 Å². The number of benzene rings is 2. The van der Waals surface area contributed by atoms with Gasteiger partial charge in [-0.05, 0) is 29.3 Å². The predicted octanol–water partition coefficient (Wildman–Crippen LogP) is 2.82. The number of carbonyl (C=O) groups is 1. The van der Waals surface area contributed by atoms with Crippen molar-refractivity contribution in [1.29, 1.82) is 0 Å². The summed E-state index contributed by atoms with van der Waals surface area (Å²) in [5, 5.41) is 3.25. The standard InChI is InChI=1S/C17H17FN2O/c1-20(11-12-5-4-7-14(18)9-12)17(21)16-10-13-6-2-3-8-15(13)19-16/h2-9,16,19H,10-11H2,1H3/t16-/m0/s1. The molecule has 4 heteroatoms. The number of hydrogen-bond donors (Lipinski definition) is 1. The molecule has 21 heavy (non-hydrogen) atoms. The molecule has 0 aromatic heterocycles. The van der Waals surface area contributed by atoms with Gasteiger partial charge < -0.3 is 10.2 Å². The molecule has 1 atom stereocenters. The molecule has 0 aliphatic carbocycles. The Morgan fingerprint density at radius 3 is 2.86 bits per heavy atom. The van der Waals surface area contributed by atoms with Crippen LogP contribution in [0.2, 0.25) is 0 Å². The average molecular weight is 284 g/mol. The van der Waals surface area contributed by atoms with Crippen molar-refractivity contribution in [2.24, 2.45) is 0 Å². The minimum absolute atomic E-state index is 0.0236. The predicted molar refractivity (Wildman–Crippen MR) is 80.4 cm³/mol. The van der Waals surface area contributed by atoms with Gasteiger partial charge in [0.1, 0.15) is 11.9 Å². The number of carbonyl (C=O) groups excluding carboxylic acids is 1. The first-order valence-electron chi connectivity index (χ1n) is 6.97. The summed E-state index contributed by atoms with van der Waals surface area (Å²) in [5.41, 5.74) is 2.98. The van der Waals surface area contributed by atoms with Gasteiger partial charge in [-0.2, -0.15) is 0 Å².